The minimum Gasteiger partial charge on any atom is -0.316 e. The van der Waals surface area contributed by atoms with Crippen molar-refractivity contribution in [1.29, 1.82) is 0 Å². The quantitative estimate of drug-likeness (QED) is 0.792. The molecule has 2 heteroatoms. The van der Waals surface area contributed by atoms with Crippen molar-refractivity contribution in [2.24, 2.45) is 17.8 Å². The lowest BCUT2D eigenvalue weighted by Crippen LogP contribution is -2.46. The van der Waals surface area contributed by atoms with Crippen molar-refractivity contribution in [3.8, 4) is 0 Å². The maximum absolute atomic E-state index is 3.58. The van der Waals surface area contributed by atoms with E-state index in [-0.39, 0.29) is 0 Å². The van der Waals surface area contributed by atoms with E-state index in [1.807, 2.05) is 0 Å². The Morgan fingerprint density at radius 3 is 2.76 bits per heavy atom. The number of hydrogen-bond acceptors (Lipinski definition) is 2. The molecule has 98 valence electrons. The van der Waals surface area contributed by atoms with Crippen LogP contribution in [-0.4, -0.2) is 36.6 Å². The van der Waals surface area contributed by atoms with Crippen LogP contribution in [0.5, 0.6) is 0 Å². The number of hydrogen-bond donors (Lipinski definition) is 1. The van der Waals surface area contributed by atoms with Gasteiger partial charge < -0.3 is 5.32 Å². The van der Waals surface area contributed by atoms with Crippen molar-refractivity contribution in [2.75, 3.05) is 19.6 Å². The van der Waals surface area contributed by atoms with E-state index >= 15 is 0 Å². The van der Waals surface area contributed by atoms with Gasteiger partial charge in [0.05, 0.1) is 0 Å². The van der Waals surface area contributed by atoms with Crippen LogP contribution in [0.2, 0.25) is 0 Å². The van der Waals surface area contributed by atoms with Gasteiger partial charge in [-0.05, 0) is 50.6 Å². The molecule has 0 spiro atoms. The molecule has 0 aromatic heterocycles. The maximum atomic E-state index is 3.58. The average Bonchev–Trinajstić information content (AvgIpc) is 2.93. The Labute approximate surface area is 106 Å². The number of likely N-dealkylation sites (tertiary alicyclic amines) is 1. The summed E-state index contributed by atoms with van der Waals surface area (Å²) >= 11 is 0. The minimum absolute atomic E-state index is 0.826. The van der Waals surface area contributed by atoms with Gasteiger partial charge in [-0.3, -0.25) is 4.90 Å². The molecule has 5 unspecified atom stereocenters. The summed E-state index contributed by atoms with van der Waals surface area (Å²) in [5, 5.41) is 3.58. The van der Waals surface area contributed by atoms with Crippen LogP contribution in [0.25, 0.3) is 0 Å². The van der Waals surface area contributed by atoms with Gasteiger partial charge in [-0.25, -0.2) is 0 Å². The summed E-state index contributed by atoms with van der Waals surface area (Å²) in [5.41, 5.74) is 0. The average molecular weight is 236 g/mol. The van der Waals surface area contributed by atoms with Crippen molar-refractivity contribution < 1.29 is 0 Å². The number of fused-ring (bicyclic) bond motifs is 1. The van der Waals surface area contributed by atoms with E-state index in [1.165, 1.54) is 51.7 Å². The fourth-order valence-corrected chi connectivity index (χ4v) is 4.74. The zero-order chi connectivity index (χ0) is 11.8. The predicted molar refractivity (Wildman–Crippen MR) is 72.1 cm³/mol. The molecule has 5 atom stereocenters. The summed E-state index contributed by atoms with van der Waals surface area (Å²) in [6, 6.07) is 1.74. The van der Waals surface area contributed by atoms with Crippen LogP contribution >= 0.6 is 0 Å². The Hall–Kier alpha value is -0.0800. The third-order valence-corrected chi connectivity index (χ3v) is 5.80. The van der Waals surface area contributed by atoms with Gasteiger partial charge in [0.1, 0.15) is 0 Å². The van der Waals surface area contributed by atoms with Crippen molar-refractivity contribution in [3.05, 3.63) is 0 Å². The van der Waals surface area contributed by atoms with Crippen molar-refractivity contribution in [1.82, 2.24) is 10.2 Å². The molecular weight excluding hydrogens is 208 g/mol. The molecule has 3 rings (SSSR count). The van der Waals surface area contributed by atoms with Crippen LogP contribution < -0.4 is 5.32 Å². The van der Waals surface area contributed by atoms with Crippen LogP contribution in [-0.2, 0) is 0 Å². The summed E-state index contributed by atoms with van der Waals surface area (Å²) in [6.45, 7) is 8.80. The molecule has 2 aliphatic heterocycles. The van der Waals surface area contributed by atoms with Crippen molar-refractivity contribution >= 4 is 0 Å². The molecule has 0 bridgehead atoms. The van der Waals surface area contributed by atoms with Gasteiger partial charge in [-0.2, -0.15) is 0 Å². The second-order valence-electron chi connectivity index (χ2n) is 6.54. The molecule has 17 heavy (non-hydrogen) atoms. The summed E-state index contributed by atoms with van der Waals surface area (Å²) in [4.78, 5) is 2.89. The molecule has 1 aliphatic carbocycles. The Bertz CT molecular complexity index is 266. The Balaban J connectivity index is 1.71. The van der Waals surface area contributed by atoms with Crippen LogP contribution in [0.1, 0.15) is 46.0 Å². The molecule has 2 saturated heterocycles. The van der Waals surface area contributed by atoms with Gasteiger partial charge >= 0.3 is 0 Å². The van der Waals surface area contributed by atoms with Gasteiger partial charge in [0.2, 0.25) is 0 Å². The van der Waals surface area contributed by atoms with Crippen LogP contribution in [0.3, 0.4) is 0 Å². The van der Waals surface area contributed by atoms with Crippen LogP contribution in [0.15, 0.2) is 0 Å². The smallest absolute Gasteiger partial charge is 0.0126 e. The van der Waals surface area contributed by atoms with E-state index in [1.54, 1.807) is 0 Å². The fraction of sp³-hybridized carbons (Fsp3) is 1.00. The Kier molecular flexibility index (Phi) is 3.45. The molecule has 0 aromatic carbocycles. The summed E-state index contributed by atoms with van der Waals surface area (Å²) in [6.07, 6.45) is 7.29. The van der Waals surface area contributed by atoms with Gasteiger partial charge in [0.25, 0.3) is 0 Å². The first kappa shape index (κ1) is 12.0. The highest BCUT2D eigenvalue weighted by atomic mass is 15.2. The SMILES string of the molecule is CCC1CCCCC1N1CC2CNCC2C1C. The second kappa shape index (κ2) is 4.89. The first-order valence-electron chi connectivity index (χ1n) is 7.77. The van der Waals surface area contributed by atoms with Gasteiger partial charge in [0.15, 0.2) is 0 Å². The number of nitrogens with one attached hydrogen (secondary N) is 1. The molecule has 0 radical (unpaired) electrons. The standard InChI is InChI=1S/C15H28N2/c1-3-12-6-4-5-7-15(12)17-10-13-8-16-9-14(13)11(17)2/h11-16H,3-10H2,1-2H3. The molecule has 2 nitrogen and oxygen atoms in total. The third kappa shape index (κ3) is 2.04. The Morgan fingerprint density at radius 2 is 2.00 bits per heavy atom. The monoisotopic (exact) mass is 236 g/mol. The maximum Gasteiger partial charge on any atom is 0.0126 e. The first-order valence-corrected chi connectivity index (χ1v) is 7.77. The normalized spacial score (nSPS) is 47.3. The second-order valence-corrected chi connectivity index (χ2v) is 6.54. The van der Waals surface area contributed by atoms with E-state index in [0.29, 0.717) is 0 Å². The first-order chi connectivity index (χ1) is 8.31. The third-order valence-electron chi connectivity index (χ3n) is 5.80. The lowest BCUT2D eigenvalue weighted by molar-refractivity contribution is 0.0851. The molecule has 1 N–H and O–H groups in total. The van der Waals surface area contributed by atoms with E-state index < -0.39 is 0 Å². The predicted octanol–water partition coefficient (Wildman–Crippen LogP) is 2.49. The molecule has 3 fully saturated rings. The van der Waals surface area contributed by atoms with E-state index in [9.17, 15) is 0 Å². The van der Waals surface area contributed by atoms with Crippen LogP contribution in [0, 0.1) is 17.8 Å². The lowest BCUT2D eigenvalue weighted by Gasteiger charge is -2.41. The largest absolute Gasteiger partial charge is 0.316 e. The highest BCUT2D eigenvalue weighted by Gasteiger charge is 2.45. The summed E-state index contributed by atoms with van der Waals surface area (Å²) in [7, 11) is 0. The van der Waals surface area contributed by atoms with E-state index in [2.05, 4.69) is 24.1 Å². The fourth-order valence-electron chi connectivity index (χ4n) is 4.74. The zero-order valence-corrected chi connectivity index (χ0v) is 11.5. The number of nitrogens with zero attached hydrogens (tertiary/aromatic N) is 1. The topological polar surface area (TPSA) is 15.3 Å². The van der Waals surface area contributed by atoms with Gasteiger partial charge in [-0.1, -0.05) is 26.2 Å². The zero-order valence-electron chi connectivity index (χ0n) is 11.5. The van der Waals surface area contributed by atoms with E-state index in [0.717, 1.165) is 29.8 Å². The molecular formula is C15H28N2. The highest BCUT2D eigenvalue weighted by molar-refractivity contribution is 5.00. The molecule has 0 aromatic rings. The van der Waals surface area contributed by atoms with Crippen molar-refractivity contribution in [3.63, 3.8) is 0 Å². The minimum atomic E-state index is 0.826. The van der Waals surface area contributed by atoms with E-state index in [4.69, 9.17) is 0 Å². The van der Waals surface area contributed by atoms with Gasteiger partial charge in [0, 0.05) is 18.6 Å². The highest BCUT2D eigenvalue weighted by Crippen LogP contribution is 2.39. The molecule has 1 saturated carbocycles. The lowest BCUT2D eigenvalue weighted by atomic mass is 9.81. The van der Waals surface area contributed by atoms with Crippen molar-refractivity contribution in [2.45, 2.75) is 58.0 Å². The summed E-state index contributed by atoms with van der Waals surface area (Å²) in [5.74, 6) is 2.87. The summed E-state index contributed by atoms with van der Waals surface area (Å²) < 4.78 is 0. The molecule has 3 aliphatic rings. The molecule has 2 heterocycles. The number of rotatable bonds is 2. The van der Waals surface area contributed by atoms with Crippen LogP contribution in [0.4, 0.5) is 0 Å². The molecule has 0 amide bonds. The Morgan fingerprint density at radius 1 is 1.18 bits per heavy atom. The van der Waals surface area contributed by atoms with Gasteiger partial charge in [-0.15, -0.1) is 0 Å².